The van der Waals surface area contributed by atoms with E-state index >= 15 is 0 Å². The van der Waals surface area contributed by atoms with Gasteiger partial charge >= 0.3 is 12.0 Å². The molecule has 3 saturated heterocycles. The van der Waals surface area contributed by atoms with E-state index in [1.165, 1.54) is 12.0 Å². The summed E-state index contributed by atoms with van der Waals surface area (Å²) in [5.41, 5.74) is 0.878. The Bertz CT molecular complexity index is 1060. The van der Waals surface area contributed by atoms with Gasteiger partial charge in [0.15, 0.2) is 0 Å². The number of carbonyl (C=O) groups excluding carboxylic acids is 5. The second-order valence-electron chi connectivity index (χ2n) is 10.2. The lowest BCUT2D eigenvalue weighted by molar-refractivity contribution is -0.146. The van der Waals surface area contributed by atoms with Crippen LogP contribution in [0.5, 0.6) is 0 Å². The maximum Gasteiger partial charge on any atom is 0.328 e. The molecule has 212 valence electrons. The van der Waals surface area contributed by atoms with Gasteiger partial charge in [-0.15, -0.1) is 0 Å². The summed E-state index contributed by atoms with van der Waals surface area (Å²) in [6, 6.07) is 7.99. The summed E-state index contributed by atoms with van der Waals surface area (Å²) in [5.74, 6) is -0.574. The molecule has 0 aliphatic carbocycles. The van der Waals surface area contributed by atoms with Crippen molar-refractivity contribution in [2.75, 3.05) is 26.0 Å². The van der Waals surface area contributed by atoms with Crippen molar-refractivity contribution in [3.63, 3.8) is 0 Å². The van der Waals surface area contributed by atoms with Crippen LogP contribution in [0.4, 0.5) is 4.79 Å². The molecule has 5 amide bonds. The van der Waals surface area contributed by atoms with Gasteiger partial charge in [0, 0.05) is 30.4 Å². The summed E-state index contributed by atoms with van der Waals surface area (Å²) in [5, 5.41) is 11.7. The number of nitrogens with one attached hydrogen (secondary N) is 4. The quantitative estimate of drug-likeness (QED) is 0.168. The van der Waals surface area contributed by atoms with Crippen LogP contribution in [0.2, 0.25) is 0 Å². The molecule has 3 aliphatic rings. The molecule has 4 N–H and O–H groups in total. The monoisotopic (exact) mass is 559 g/mol. The third-order valence-electron chi connectivity index (χ3n) is 7.48. The van der Waals surface area contributed by atoms with E-state index in [0.29, 0.717) is 37.5 Å². The first-order chi connectivity index (χ1) is 18.9. The van der Waals surface area contributed by atoms with Gasteiger partial charge in [0.2, 0.25) is 17.7 Å². The number of thioether (sulfide) groups is 1. The van der Waals surface area contributed by atoms with E-state index in [0.717, 1.165) is 24.2 Å². The van der Waals surface area contributed by atoms with Crippen LogP contribution in [-0.4, -0.2) is 90.0 Å². The molecule has 3 fully saturated rings. The number of fused-ring (bicyclic) bond motifs is 1. The van der Waals surface area contributed by atoms with Gasteiger partial charge in [0.1, 0.15) is 12.1 Å². The van der Waals surface area contributed by atoms with Gasteiger partial charge in [-0.2, -0.15) is 11.8 Å². The minimum atomic E-state index is -0.864. The van der Waals surface area contributed by atoms with Crippen molar-refractivity contribution in [2.45, 2.75) is 74.4 Å². The molecular formula is C27H37N5O6S. The molecule has 11 nitrogen and oxygen atoms in total. The molecule has 3 heterocycles. The SMILES string of the molecule is COC(=O)[C@H](Cc1ccccc1)NC(=O)[C@@H]1CCCN1C(=O)CNC(=O)CCCCC1SCC2NC(=O)NC21. The van der Waals surface area contributed by atoms with E-state index < -0.39 is 24.0 Å². The number of nitrogens with zero attached hydrogens (tertiary/aromatic N) is 1. The van der Waals surface area contributed by atoms with Crippen LogP contribution in [0.3, 0.4) is 0 Å². The van der Waals surface area contributed by atoms with Crippen LogP contribution >= 0.6 is 11.8 Å². The minimum absolute atomic E-state index is 0.104. The van der Waals surface area contributed by atoms with Gasteiger partial charge in [0.25, 0.3) is 0 Å². The second-order valence-corrected chi connectivity index (χ2v) is 11.4. The van der Waals surface area contributed by atoms with Crippen molar-refractivity contribution in [3.8, 4) is 0 Å². The third kappa shape index (κ3) is 7.65. The van der Waals surface area contributed by atoms with Gasteiger partial charge < -0.3 is 30.9 Å². The zero-order valence-electron chi connectivity index (χ0n) is 22.1. The first kappa shape index (κ1) is 28.7. The standard InChI is InChI=1S/C27H37N5O6S/c1-38-26(36)18(14-17-8-3-2-4-9-17)29-25(35)20-10-7-13-32(20)23(34)15-28-22(33)12-6-5-11-21-24-19(16-39-21)30-27(37)31-24/h2-4,8-9,18-21,24H,5-7,10-16H2,1H3,(H,28,33)(H,29,35)(H2,30,31,37)/t18-,19?,20-,21?,24?/m0/s1. The molecule has 4 rings (SSSR count). The number of amides is 5. The Labute approximate surface area is 232 Å². The predicted octanol–water partition coefficient (Wildman–Crippen LogP) is 0.720. The molecule has 1 aromatic rings. The Morgan fingerprint density at radius 3 is 2.72 bits per heavy atom. The number of ether oxygens (including phenoxy) is 1. The number of hydrogen-bond acceptors (Lipinski definition) is 7. The molecule has 5 atom stereocenters. The fraction of sp³-hybridized carbons (Fsp3) is 0.593. The summed E-state index contributed by atoms with van der Waals surface area (Å²) in [4.78, 5) is 63.6. The van der Waals surface area contributed by atoms with Crippen molar-refractivity contribution >= 4 is 41.5 Å². The Kier molecular flexibility index (Phi) is 10.1. The zero-order valence-corrected chi connectivity index (χ0v) is 23.0. The molecule has 3 aliphatic heterocycles. The molecule has 3 unspecified atom stereocenters. The summed E-state index contributed by atoms with van der Waals surface area (Å²) >= 11 is 1.85. The normalized spacial score (nSPS) is 24.3. The zero-order chi connectivity index (χ0) is 27.8. The van der Waals surface area contributed by atoms with E-state index in [9.17, 15) is 24.0 Å². The lowest BCUT2D eigenvalue weighted by atomic mass is 10.0. The largest absolute Gasteiger partial charge is 0.467 e. The van der Waals surface area contributed by atoms with Crippen molar-refractivity contribution in [3.05, 3.63) is 35.9 Å². The second kappa shape index (κ2) is 13.7. The van der Waals surface area contributed by atoms with E-state index in [-0.39, 0.29) is 42.9 Å². The van der Waals surface area contributed by atoms with E-state index in [1.807, 2.05) is 42.1 Å². The van der Waals surface area contributed by atoms with E-state index in [1.54, 1.807) is 0 Å². The fourth-order valence-electron chi connectivity index (χ4n) is 5.43. The Morgan fingerprint density at radius 2 is 1.95 bits per heavy atom. The first-order valence-electron chi connectivity index (χ1n) is 13.5. The van der Waals surface area contributed by atoms with Crippen LogP contribution < -0.4 is 21.3 Å². The number of methoxy groups -OCH3 is 1. The number of esters is 1. The summed E-state index contributed by atoms with van der Waals surface area (Å²) in [7, 11) is 1.27. The van der Waals surface area contributed by atoms with E-state index in [4.69, 9.17) is 4.74 Å². The highest BCUT2D eigenvalue weighted by molar-refractivity contribution is 8.00. The Morgan fingerprint density at radius 1 is 1.15 bits per heavy atom. The molecular weight excluding hydrogens is 522 g/mol. The first-order valence-corrected chi connectivity index (χ1v) is 14.6. The summed E-state index contributed by atoms with van der Waals surface area (Å²) in [6.07, 6.45) is 4.22. The number of urea groups is 1. The van der Waals surface area contributed by atoms with Crippen LogP contribution in [0.1, 0.15) is 44.1 Å². The third-order valence-corrected chi connectivity index (χ3v) is 8.99. The fourth-order valence-corrected chi connectivity index (χ4v) is 6.97. The molecule has 0 spiro atoms. The smallest absolute Gasteiger partial charge is 0.328 e. The number of carbonyl (C=O) groups is 5. The number of hydrogen-bond donors (Lipinski definition) is 4. The molecule has 0 radical (unpaired) electrons. The molecule has 0 aromatic heterocycles. The van der Waals surface area contributed by atoms with Crippen molar-refractivity contribution in [1.29, 1.82) is 0 Å². The Hall–Kier alpha value is -3.28. The van der Waals surface area contributed by atoms with Crippen LogP contribution in [0, 0.1) is 0 Å². The molecule has 0 bridgehead atoms. The van der Waals surface area contributed by atoms with Gasteiger partial charge in [-0.1, -0.05) is 36.8 Å². The van der Waals surface area contributed by atoms with Crippen molar-refractivity contribution < 1.29 is 28.7 Å². The van der Waals surface area contributed by atoms with Gasteiger partial charge in [0.05, 0.1) is 25.7 Å². The lowest BCUT2D eigenvalue weighted by Crippen LogP contribution is -2.53. The molecule has 12 heteroatoms. The van der Waals surface area contributed by atoms with Crippen molar-refractivity contribution in [1.82, 2.24) is 26.2 Å². The average molecular weight is 560 g/mol. The molecule has 0 saturated carbocycles. The van der Waals surface area contributed by atoms with E-state index in [2.05, 4.69) is 21.3 Å². The van der Waals surface area contributed by atoms with Gasteiger partial charge in [-0.05, 0) is 31.2 Å². The Balaban J connectivity index is 1.18. The van der Waals surface area contributed by atoms with Gasteiger partial charge in [-0.3, -0.25) is 14.4 Å². The molecule has 39 heavy (non-hydrogen) atoms. The summed E-state index contributed by atoms with van der Waals surface area (Å²) < 4.78 is 4.88. The summed E-state index contributed by atoms with van der Waals surface area (Å²) in [6.45, 7) is 0.244. The van der Waals surface area contributed by atoms with Gasteiger partial charge in [-0.25, -0.2) is 9.59 Å². The maximum atomic E-state index is 13.1. The van der Waals surface area contributed by atoms with Crippen molar-refractivity contribution in [2.24, 2.45) is 0 Å². The number of likely N-dealkylation sites (tertiary alicyclic amines) is 1. The topological polar surface area (TPSA) is 146 Å². The highest BCUT2D eigenvalue weighted by Gasteiger charge is 2.42. The number of unbranched alkanes of at least 4 members (excludes halogenated alkanes) is 1. The maximum absolute atomic E-state index is 13.1. The van der Waals surface area contributed by atoms with Crippen LogP contribution in [0.15, 0.2) is 30.3 Å². The average Bonchev–Trinajstić information content (AvgIpc) is 3.66. The highest BCUT2D eigenvalue weighted by Crippen LogP contribution is 2.33. The highest BCUT2D eigenvalue weighted by atomic mass is 32.2. The lowest BCUT2D eigenvalue weighted by Gasteiger charge is -2.26. The molecule has 1 aromatic carbocycles. The van der Waals surface area contributed by atoms with Crippen LogP contribution in [-0.2, 0) is 30.3 Å². The predicted molar refractivity (Wildman–Crippen MR) is 146 cm³/mol. The number of benzene rings is 1. The number of rotatable bonds is 12. The van der Waals surface area contributed by atoms with Crippen LogP contribution in [0.25, 0.3) is 0 Å². The minimum Gasteiger partial charge on any atom is -0.467 e.